The molecule has 0 bridgehead atoms. The van der Waals surface area contributed by atoms with Crippen LogP contribution in [-0.2, 0) is 4.79 Å². The predicted octanol–water partition coefficient (Wildman–Crippen LogP) is 1.67. The second kappa shape index (κ2) is 1.62. The van der Waals surface area contributed by atoms with Crippen molar-refractivity contribution in [2.24, 2.45) is 10.8 Å². The Bertz CT molecular complexity index is 197. The Balaban J connectivity index is 2.82. The van der Waals surface area contributed by atoms with Gasteiger partial charge in [-0.25, -0.2) is 0 Å². The Kier molecular flexibility index (Phi) is 1.19. The summed E-state index contributed by atoms with van der Waals surface area (Å²) >= 11 is 0. The fraction of sp³-hybridized carbons (Fsp3) is 0.625. The lowest BCUT2D eigenvalue weighted by Crippen LogP contribution is -2.16. The number of carboxylic acid groups (broad SMARTS) is 1. The monoisotopic (exact) mass is 140 g/mol. The minimum Gasteiger partial charge on any atom is -0.481 e. The zero-order valence-electron chi connectivity index (χ0n) is 6.35. The lowest BCUT2D eigenvalue weighted by Gasteiger charge is -2.08. The molecule has 1 saturated carbocycles. The largest absolute Gasteiger partial charge is 0.481 e. The quantitative estimate of drug-likeness (QED) is 0.592. The summed E-state index contributed by atoms with van der Waals surface area (Å²) in [5, 5.41) is 8.73. The molecular weight excluding hydrogens is 128 g/mol. The van der Waals surface area contributed by atoms with E-state index in [1.807, 2.05) is 6.92 Å². The van der Waals surface area contributed by atoms with Crippen LogP contribution < -0.4 is 0 Å². The van der Waals surface area contributed by atoms with Gasteiger partial charge < -0.3 is 5.11 Å². The van der Waals surface area contributed by atoms with Gasteiger partial charge in [0.25, 0.3) is 0 Å². The van der Waals surface area contributed by atoms with E-state index < -0.39 is 11.4 Å². The van der Waals surface area contributed by atoms with E-state index >= 15 is 0 Å². The fourth-order valence-electron chi connectivity index (χ4n) is 1.31. The molecule has 0 amide bonds. The maximum Gasteiger partial charge on any atom is 0.310 e. The molecule has 0 spiro atoms. The molecule has 0 saturated heterocycles. The third kappa shape index (κ3) is 0.618. The molecule has 1 N–H and O–H groups in total. The molecule has 1 aliphatic carbocycles. The smallest absolute Gasteiger partial charge is 0.310 e. The summed E-state index contributed by atoms with van der Waals surface area (Å²) in [6.45, 7) is 7.29. The first-order chi connectivity index (χ1) is 4.46. The first-order valence-electron chi connectivity index (χ1n) is 3.33. The third-order valence-corrected chi connectivity index (χ3v) is 2.78. The minimum absolute atomic E-state index is 0.168. The number of allylic oxidation sites excluding steroid dienone is 1. The lowest BCUT2D eigenvalue weighted by molar-refractivity contribution is -0.143. The number of carboxylic acids is 1. The minimum atomic E-state index is -0.713. The number of rotatable bonds is 2. The Morgan fingerprint density at radius 2 is 2.20 bits per heavy atom. The number of hydrogen-bond donors (Lipinski definition) is 1. The zero-order chi connectivity index (χ0) is 7.99. The summed E-state index contributed by atoms with van der Waals surface area (Å²) in [4.78, 5) is 10.6. The van der Waals surface area contributed by atoms with E-state index in [1.165, 1.54) is 0 Å². The summed E-state index contributed by atoms with van der Waals surface area (Å²) in [6.07, 6.45) is 2.46. The molecule has 1 fully saturated rings. The molecule has 0 aromatic carbocycles. The van der Waals surface area contributed by atoms with Crippen molar-refractivity contribution in [2.75, 3.05) is 0 Å². The highest BCUT2D eigenvalue weighted by Gasteiger charge is 2.64. The summed E-state index contributed by atoms with van der Waals surface area (Å²) in [7, 11) is 0. The highest BCUT2D eigenvalue weighted by molar-refractivity contribution is 5.80. The molecule has 0 aromatic rings. The van der Waals surface area contributed by atoms with Crippen LogP contribution in [-0.4, -0.2) is 11.1 Å². The van der Waals surface area contributed by atoms with Crippen LogP contribution in [0.1, 0.15) is 20.3 Å². The molecule has 56 valence electrons. The van der Waals surface area contributed by atoms with E-state index in [0.717, 1.165) is 6.42 Å². The van der Waals surface area contributed by atoms with E-state index in [9.17, 15) is 4.79 Å². The molecule has 10 heavy (non-hydrogen) atoms. The molecule has 2 atom stereocenters. The fourth-order valence-corrected chi connectivity index (χ4v) is 1.31. The van der Waals surface area contributed by atoms with Crippen molar-refractivity contribution in [1.82, 2.24) is 0 Å². The lowest BCUT2D eigenvalue weighted by atomic mass is 9.97. The maximum atomic E-state index is 10.6. The molecular formula is C8H12O2. The van der Waals surface area contributed by atoms with Gasteiger partial charge in [-0.15, -0.1) is 6.58 Å². The van der Waals surface area contributed by atoms with Crippen molar-refractivity contribution in [3.8, 4) is 0 Å². The molecule has 2 nitrogen and oxygen atoms in total. The Morgan fingerprint density at radius 1 is 1.70 bits per heavy atom. The number of carbonyl (C=O) groups is 1. The van der Waals surface area contributed by atoms with Crippen LogP contribution in [0, 0.1) is 10.8 Å². The van der Waals surface area contributed by atoms with Gasteiger partial charge in [-0.1, -0.05) is 13.0 Å². The van der Waals surface area contributed by atoms with Crippen molar-refractivity contribution < 1.29 is 9.90 Å². The summed E-state index contributed by atoms with van der Waals surface area (Å²) < 4.78 is 0. The van der Waals surface area contributed by atoms with Crippen molar-refractivity contribution in [1.29, 1.82) is 0 Å². The zero-order valence-corrected chi connectivity index (χ0v) is 6.35. The highest BCUT2D eigenvalue weighted by atomic mass is 16.4. The first-order valence-corrected chi connectivity index (χ1v) is 3.33. The van der Waals surface area contributed by atoms with Gasteiger partial charge in [-0.3, -0.25) is 4.79 Å². The van der Waals surface area contributed by atoms with E-state index in [4.69, 9.17) is 5.11 Å². The topological polar surface area (TPSA) is 37.3 Å². The van der Waals surface area contributed by atoms with Gasteiger partial charge in [0.1, 0.15) is 0 Å². The van der Waals surface area contributed by atoms with Gasteiger partial charge in [-0.05, 0) is 13.3 Å². The van der Waals surface area contributed by atoms with E-state index in [2.05, 4.69) is 6.58 Å². The SMILES string of the molecule is C=CC1(C)CC1(C)C(=O)O. The molecule has 2 unspecified atom stereocenters. The normalized spacial score (nSPS) is 44.6. The standard InChI is InChI=1S/C8H12O2/c1-4-7(2)5-8(7,3)6(9)10/h4H,1,5H2,2-3H3,(H,9,10). The summed E-state index contributed by atoms with van der Waals surface area (Å²) in [5.74, 6) is -0.713. The Labute approximate surface area is 60.6 Å². The third-order valence-electron chi connectivity index (χ3n) is 2.78. The molecule has 0 radical (unpaired) electrons. The van der Waals surface area contributed by atoms with Crippen LogP contribution >= 0.6 is 0 Å². The van der Waals surface area contributed by atoms with Crippen LogP contribution in [0.25, 0.3) is 0 Å². The van der Waals surface area contributed by atoms with Gasteiger partial charge in [-0.2, -0.15) is 0 Å². The molecule has 0 aromatic heterocycles. The van der Waals surface area contributed by atoms with Crippen LogP contribution in [0.3, 0.4) is 0 Å². The number of hydrogen-bond acceptors (Lipinski definition) is 1. The predicted molar refractivity (Wildman–Crippen MR) is 38.7 cm³/mol. The molecule has 2 heteroatoms. The maximum absolute atomic E-state index is 10.6. The number of aliphatic carboxylic acids is 1. The van der Waals surface area contributed by atoms with Gasteiger partial charge in [0, 0.05) is 5.41 Å². The summed E-state index contributed by atoms with van der Waals surface area (Å²) in [5.41, 5.74) is -0.715. The van der Waals surface area contributed by atoms with Gasteiger partial charge >= 0.3 is 5.97 Å². The second-order valence-electron chi connectivity index (χ2n) is 3.44. The Morgan fingerprint density at radius 3 is 2.30 bits per heavy atom. The summed E-state index contributed by atoms with van der Waals surface area (Å²) in [6, 6.07) is 0. The second-order valence-corrected chi connectivity index (χ2v) is 3.44. The van der Waals surface area contributed by atoms with E-state index in [-0.39, 0.29) is 5.41 Å². The average Bonchev–Trinajstić information content (AvgIpc) is 2.39. The Hall–Kier alpha value is -0.790. The first kappa shape index (κ1) is 7.32. The van der Waals surface area contributed by atoms with Gasteiger partial charge in [0.05, 0.1) is 5.41 Å². The van der Waals surface area contributed by atoms with Crippen LogP contribution in [0.5, 0.6) is 0 Å². The van der Waals surface area contributed by atoms with Crippen LogP contribution in [0.4, 0.5) is 0 Å². The molecule has 1 rings (SSSR count). The van der Waals surface area contributed by atoms with Crippen molar-refractivity contribution in [3.63, 3.8) is 0 Å². The van der Waals surface area contributed by atoms with E-state index in [1.54, 1.807) is 13.0 Å². The molecule has 0 aliphatic heterocycles. The van der Waals surface area contributed by atoms with Crippen molar-refractivity contribution in [3.05, 3.63) is 12.7 Å². The van der Waals surface area contributed by atoms with Crippen LogP contribution in [0.2, 0.25) is 0 Å². The van der Waals surface area contributed by atoms with Gasteiger partial charge in [0.15, 0.2) is 0 Å². The van der Waals surface area contributed by atoms with Crippen LogP contribution in [0.15, 0.2) is 12.7 Å². The van der Waals surface area contributed by atoms with Crippen molar-refractivity contribution >= 4 is 5.97 Å². The highest BCUT2D eigenvalue weighted by Crippen LogP contribution is 2.64. The molecule has 0 heterocycles. The van der Waals surface area contributed by atoms with E-state index in [0.29, 0.717) is 0 Å². The molecule has 1 aliphatic rings. The van der Waals surface area contributed by atoms with Gasteiger partial charge in [0.2, 0.25) is 0 Å². The van der Waals surface area contributed by atoms with Crippen molar-refractivity contribution in [2.45, 2.75) is 20.3 Å². The average molecular weight is 140 g/mol.